The van der Waals surface area contributed by atoms with Gasteiger partial charge >= 0.3 is 0 Å². The van der Waals surface area contributed by atoms with E-state index < -0.39 is 5.92 Å². The van der Waals surface area contributed by atoms with Crippen LogP contribution in [0.15, 0.2) is 87.9 Å². The molecule has 176 valence electrons. The van der Waals surface area contributed by atoms with Crippen molar-refractivity contribution in [3.05, 3.63) is 109 Å². The number of aryl methyl sites for hydroxylation is 1. The number of nitrogens with zero attached hydrogens (tertiary/aromatic N) is 1. The number of carbonyl (C=O) groups is 2. The number of carbonyl (C=O) groups excluding carboxylic acids is 2. The van der Waals surface area contributed by atoms with Crippen molar-refractivity contribution in [3.63, 3.8) is 0 Å². The number of nitrogens with one attached hydrogen (secondary N) is 2. The summed E-state index contributed by atoms with van der Waals surface area (Å²) in [5.74, 6) is -0.697. The smallest absolute Gasteiger partial charge is 0.254 e. The maximum Gasteiger partial charge on any atom is 0.254 e. The molecule has 0 saturated carbocycles. The van der Waals surface area contributed by atoms with Crippen molar-refractivity contribution in [1.29, 1.82) is 5.26 Å². The van der Waals surface area contributed by atoms with E-state index in [1.54, 1.807) is 30.3 Å². The predicted molar refractivity (Wildman–Crippen MR) is 144 cm³/mol. The van der Waals surface area contributed by atoms with E-state index in [0.717, 1.165) is 11.1 Å². The monoisotopic (exact) mass is 519 g/mol. The molecule has 4 rings (SSSR count). The normalized spacial score (nSPS) is 15.4. The van der Waals surface area contributed by atoms with Gasteiger partial charge in [0.05, 0.1) is 33.2 Å². The second kappa shape index (κ2) is 11.0. The van der Waals surface area contributed by atoms with E-state index in [-0.39, 0.29) is 17.4 Å². The first-order valence-electron chi connectivity index (χ1n) is 10.8. The molecule has 0 aliphatic carbocycles. The number of ketones is 1. The van der Waals surface area contributed by atoms with Gasteiger partial charge in [-0.3, -0.25) is 9.59 Å². The van der Waals surface area contributed by atoms with Crippen molar-refractivity contribution >= 4 is 52.1 Å². The molecule has 0 bridgehead atoms. The molecule has 2 N–H and O–H groups in total. The minimum atomic E-state index is -0.575. The van der Waals surface area contributed by atoms with Crippen LogP contribution in [0.25, 0.3) is 0 Å². The van der Waals surface area contributed by atoms with Gasteiger partial charge in [0.15, 0.2) is 5.78 Å². The van der Waals surface area contributed by atoms with Crippen LogP contribution in [0.4, 0.5) is 5.69 Å². The Bertz CT molecular complexity index is 1370. The van der Waals surface area contributed by atoms with Gasteiger partial charge in [0.1, 0.15) is 0 Å². The van der Waals surface area contributed by atoms with Crippen molar-refractivity contribution in [2.24, 2.45) is 0 Å². The summed E-state index contributed by atoms with van der Waals surface area (Å²) in [6.07, 6.45) is 0. The number of hydrogen-bond acceptors (Lipinski definition) is 6. The van der Waals surface area contributed by atoms with Crippen molar-refractivity contribution in [1.82, 2.24) is 5.32 Å². The second-order valence-electron chi connectivity index (χ2n) is 7.96. The Kier molecular flexibility index (Phi) is 7.76. The summed E-state index contributed by atoms with van der Waals surface area (Å²) in [7, 11) is 0. The Morgan fingerprint density at radius 3 is 2.51 bits per heavy atom. The van der Waals surface area contributed by atoms with Crippen LogP contribution in [-0.4, -0.2) is 17.4 Å². The van der Waals surface area contributed by atoms with Crippen LogP contribution in [0.3, 0.4) is 0 Å². The second-order valence-corrected chi connectivity index (χ2v) is 10.3. The summed E-state index contributed by atoms with van der Waals surface area (Å²) < 4.78 is 0. The standard InChI is InChI=1S/C27H22ClN3O2S2/c1-16-6-3-4-7-20(16)25-21(14-29)27(35-15-22(32)23-8-5-13-34-23)30-17(2)24(25)26(33)31-19-11-9-18(28)10-12-19/h3-13,25,30H,15H2,1-2H3,(H,31,33)/t25-/m0/s1. The third kappa shape index (κ3) is 5.51. The fourth-order valence-corrected chi connectivity index (χ4v) is 5.78. The number of nitriles is 1. The fourth-order valence-electron chi connectivity index (χ4n) is 3.93. The summed E-state index contributed by atoms with van der Waals surface area (Å²) in [4.78, 5) is 26.8. The minimum Gasteiger partial charge on any atom is -0.353 e. The average Bonchev–Trinajstić information content (AvgIpc) is 3.39. The van der Waals surface area contributed by atoms with Gasteiger partial charge in [-0.05, 0) is 60.7 Å². The third-order valence-electron chi connectivity index (χ3n) is 5.64. The zero-order valence-electron chi connectivity index (χ0n) is 19.1. The molecule has 0 saturated heterocycles. The number of amides is 1. The fraction of sp³-hybridized carbons (Fsp3) is 0.148. The maximum atomic E-state index is 13.5. The SMILES string of the molecule is CC1=C(C(=O)Nc2ccc(Cl)cc2)[C@@H](c2ccccc2C)C(C#N)=C(SCC(=O)c2cccs2)N1. The number of benzene rings is 2. The zero-order chi connectivity index (χ0) is 24.9. The van der Waals surface area contributed by atoms with E-state index >= 15 is 0 Å². The molecule has 1 atom stereocenters. The summed E-state index contributed by atoms with van der Waals surface area (Å²) in [6, 6.07) is 20.5. The van der Waals surface area contributed by atoms with Gasteiger partial charge in [-0.25, -0.2) is 0 Å². The van der Waals surface area contributed by atoms with E-state index in [0.29, 0.717) is 37.5 Å². The van der Waals surface area contributed by atoms with Crippen molar-refractivity contribution in [3.8, 4) is 6.07 Å². The lowest BCUT2D eigenvalue weighted by molar-refractivity contribution is -0.113. The first-order valence-corrected chi connectivity index (χ1v) is 13.1. The number of rotatable bonds is 7. The Labute approximate surface area is 217 Å². The van der Waals surface area contributed by atoms with Crippen LogP contribution in [0.5, 0.6) is 0 Å². The predicted octanol–water partition coefficient (Wildman–Crippen LogP) is 6.66. The number of thioether (sulfide) groups is 1. The van der Waals surface area contributed by atoms with Crippen LogP contribution in [0, 0.1) is 18.3 Å². The Morgan fingerprint density at radius 2 is 1.86 bits per heavy atom. The molecule has 1 aliphatic heterocycles. The topological polar surface area (TPSA) is 82.0 Å². The molecule has 35 heavy (non-hydrogen) atoms. The molecular formula is C27H22ClN3O2S2. The van der Waals surface area contributed by atoms with Gasteiger partial charge < -0.3 is 10.6 Å². The van der Waals surface area contributed by atoms with Gasteiger partial charge in [-0.15, -0.1) is 11.3 Å². The summed E-state index contributed by atoms with van der Waals surface area (Å²) in [6.45, 7) is 3.78. The number of dihydropyridines is 1. The number of anilines is 1. The highest BCUT2D eigenvalue weighted by molar-refractivity contribution is 8.03. The molecule has 1 aromatic heterocycles. The first kappa shape index (κ1) is 24.8. The van der Waals surface area contributed by atoms with Crippen LogP contribution in [-0.2, 0) is 4.79 Å². The van der Waals surface area contributed by atoms with Crippen LogP contribution < -0.4 is 10.6 Å². The Morgan fingerprint density at radius 1 is 1.11 bits per heavy atom. The number of halogens is 1. The quantitative estimate of drug-likeness (QED) is 0.341. The van der Waals surface area contributed by atoms with Gasteiger partial charge in [0, 0.05) is 22.0 Å². The minimum absolute atomic E-state index is 0.00283. The van der Waals surface area contributed by atoms with E-state index in [4.69, 9.17) is 11.6 Å². The molecule has 0 unspecified atom stereocenters. The number of Topliss-reactive ketones (excluding diaryl/α,β-unsaturated/α-hetero) is 1. The highest BCUT2D eigenvalue weighted by atomic mass is 35.5. The van der Waals surface area contributed by atoms with Gasteiger partial charge in [-0.1, -0.05) is 53.7 Å². The highest BCUT2D eigenvalue weighted by Gasteiger charge is 2.35. The molecule has 2 aromatic carbocycles. The van der Waals surface area contributed by atoms with Crippen molar-refractivity contribution in [2.75, 3.05) is 11.1 Å². The first-order chi connectivity index (χ1) is 16.9. The summed E-state index contributed by atoms with van der Waals surface area (Å²) in [5.41, 5.74) is 3.95. The number of hydrogen-bond donors (Lipinski definition) is 2. The van der Waals surface area contributed by atoms with Crippen molar-refractivity contribution in [2.45, 2.75) is 19.8 Å². The van der Waals surface area contributed by atoms with Crippen molar-refractivity contribution < 1.29 is 9.59 Å². The molecule has 2 heterocycles. The largest absolute Gasteiger partial charge is 0.353 e. The molecule has 0 spiro atoms. The van der Waals surface area contributed by atoms with Gasteiger partial charge in [-0.2, -0.15) is 5.26 Å². The van der Waals surface area contributed by atoms with Gasteiger partial charge in [0.2, 0.25) is 0 Å². The van der Waals surface area contributed by atoms with Crippen LogP contribution >= 0.6 is 34.7 Å². The summed E-state index contributed by atoms with van der Waals surface area (Å²) >= 11 is 8.66. The Balaban J connectivity index is 1.71. The molecule has 3 aromatic rings. The zero-order valence-corrected chi connectivity index (χ0v) is 21.5. The molecular weight excluding hydrogens is 498 g/mol. The van der Waals surface area contributed by atoms with Gasteiger partial charge in [0.25, 0.3) is 5.91 Å². The lowest BCUT2D eigenvalue weighted by atomic mass is 9.80. The molecule has 0 fully saturated rings. The molecule has 1 amide bonds. The van der Waals surface area contributed by atoms with Crippen LogP contribution in [0.1, 0.15) is 33.6 Å². The average molecular weight is 520 g/mol. The third-order valence-corrected chi connectivity index (χ3v) is 7.82. The molecule has 1 aliphatic rings. The van der Waals surface area contributed by atoms with Crippen LogP contribution in [0.2, 0.25) is 5.02 Å². The lowest BCUT2D eigenvalue weighted by Gasteiger charge is -2.30. The Hall–Kier alpha value is -3.31. The molecule has 5 nitrogen and oxygen atoms in total. The van der Waals surface area contributed by atoms with E-state index in [1.165, 1.54) is 23.1 Å². The summed E-state index contributed by atoms with van der Waals surface area (Å²) in [5, 5.41) is 19.4. The molecule has 8 heteroatoms. The lowest BCUT2D eigenvalue weighted by Crippen LogP contribution is -2.31. The number of thiophene rings is 1. The van der Waals surface area contributed by atoms with E-state index in [2.05, 4.69) is 16.7 Å². The molecule has 0 radical (unpaired) electrons. The highest BCUT2D eigenvalue weighted by Crippen LogP contribution is 2.42. The van der Waals surface area contributed by atoms with E-state index in [9.17, 15) is 14.9 Å². The van der Waals surface area contributed by atoms with E-state index in [1.807, 2.05) is 49.6 Å². The maximum absolute atomic E-state index is 13.5. The number of allylic oxidation sites excluding steroid dienone is 2.